The minimum Gasteiger partial charge on any atom is -0.497 e. The lowest BCUT2D eigenvalue weighted by Gasteiger charge is -2.29. The number of carbonyl (C=O) groups excluding carboxylic acids is 2. The highest BCUT2D eigenvalue weighted by Crippen LogP contribution is 2.18. The zero-order valence-corrected chi connectivity index (χ0v) is 19.5. The second kappa shape index (κ2) is 12.1. The lowest BCUT2D eigenvalue weighted by atomic mass is 10.00. The van der Waals surface area contributed by atoms with E-state index < -0.39 is 6.04 Å². The van der Waals surface area contributed by atoms with Crippen molar-refractivity contribution in [1.29, 1.82) is 0 Å². The number of nitrogens with zero attached hydrogens (tertiary/aromatic N) is 1. The van der Waals surface area contributed by atoms with Crippen LogP contribution >= 0.6 is 0 Å². The van der Waals surface area contributed by atoms with Crippen LogP contribution in [-0.4, -0.2) is 36.4 Å². The molecule has 5 heteroatoms. The predicted octanol–water partition coefficient (Wildman–Crippen LogP) is 4.69. The van der Waals surface area contributed by atoms with E-state index in [0.29, 0.717) is 31.8 Å². The molecule has 0 unspecified atom stereocenters. The zero-order chi connectivity index (χ0) is 22.8. The lowest BCUT2D eigenvalue weighted by Crippen LogP contribution is -2.47. The van der Waals surface area contributed by atoms with Crippen LogP contribution < -0.4 is 10.1 Å². The molecule has 31 heavy (non-hydrogen) atoms. The number of amides is 2. The van der Waals surface area contributed by atoms with Crippen molar-refractivity contribution in [2.24, 2.45) is 0 Å². The molecule has 2 aromatic rings. The molecule has 0 aromatic heterocycles. The highest BCUT2D eigenvalue weighted by Gasteiger charge is 2.25. The van der Waals surface area contributed by atoms with E-state index in [1.54, 1.807) is 18.9 Å². The van der Waals surface area contributed by atoms with Crippen molar-refractivity contribution < 1.29 is 14.3 Å². The average molecular weight is 425 g/mol. The van der Waals surface area contributed by atoms with Crippen LogP contribution in [0.5, 0.6) is 5.75 Å². The standard InChI is InChI=1S/C26H36N2O3/c1-6-17-27-26(30)20(4)28(18-22-9-14-24(31-5)15-10-22)25(29)16-11-21-7-12-23(13-8-21)19(2)3/h7-10,12-15,19-20H,6,11,16-18H2,1-5H3,(H,27,30)/t20-/m1/s1. The van der Waals surface area contributed by atoms with Crippen molar-refractivity contribution in [1.82, 2.24) is 10.2 Å². The summed E-state index contributed by atoms with van der Waals surface area (Å²) in [6, 6.07) is 15.5. The molecule has 1 N–H and O–H groups in total. The highest BCUT2D eigenvalue weighted by atomic mass is 16.5. The molecule has 0 radical (unpaired) electrons. The van der Waals surface area contributed by atoms with E-state index in [9.17, 15) is 9.59 Å². The van der Waals surface area contributed by atoms with E-state index in [4.69, 9.17) is 4.74 Å². The van der Waals surface area contributed by atoms with Gasteiger partial charge in [0.25, 0.3) is 0 Å². The normalized spacial score (nSPS) is 11.8. The minimum absolute atomic E-state index is 0.0251. The Morgan fingerprint density at radius 1 is 0.968 bits per heavy atom. The summed E-state index contributed by atoms with van der Waals surface area (Å²) in [5.74, 6) is 1.10. The zero-order valence-electron chi connectivity index (χ0n) is 19.5. The topological polar surface area (TPSA) is 58.6 Å². The SMILES string of the molecule is CCCNC(=O)[C@@H](C)N(Cc1ccc(OC)cc1)C(=O)CCc1ccc(C(C)C)cc1. The molecule has 0 spiro atoms. The monoisotopic (exact) mass is 424 g/mol. The van der Waals surface area contributed by atoms with E-state index in [2.05, 4.69) is 43.4 Å². The molecule has 0 bridgehead atoms. The van der Waals surface area contributed by atoms with Crippen molar-refractivity contribution in [3.8, 4) is 5.75 Å². The number of ether oxygens (including phenoxy) is 1. The Morgan fingerprint density at radius 2 is 1.58 bits per heavy atom. The summed E-state index contributed by atoms with van der Waals surface area (Å²) in [5.41, 5.74) is 3.38. The summed E-state index contributed by atoms with van der Waals surface area (Å²) in [7, 11) is 1.62. The number of methoxy groups -OCH3 is 1. The molecule has 2 rings (SSSR count). The molecule has 0 aliphatic carbocycles. The van der Waals surface area contributed by atoms with Gasteiger partial charge in [-0.15, -0.1) is 0 Å². The third kappa shape index (κ3) is 7.42. The molecule has 0 saturated carbocycles. The van der Waals surface area contributed by atoms with Gasteiger partial charge in [-0.25, -0.2) is 0 Å². The van der Waals surface area contributed by atoms with E-state index in [-0.39, 0.29) is 11.8 Å². The van der Waals surface area contributed by atoms with E-state index in [0.717, 1.165) is 23.3 Å². The smallest absolute Gasteiger partial charge is 0.242 e. The van der Waals surface area contributed by atoms with Crippen molar-refractivity contribution >= 4 is 11.8 Å². The first-order chi connectivity index (χ1) is 14.8. The Kier molecular flexibility index (Phi) is 9.57. The van der Waals surface area contributed by atoms with Crippen molar-refractivity contribution in [3.63, 3.8) is 0 Å². The van der Waals surface area contributed by atoms with E-state index in [1.807, 2.05) is 31.2 Å². The largest absolute Gasteiger partial charge is 0.497 e. The van der Waals surface area contributed by atoms with Crippen LogP contribution in [0.1, 0.15) is 63.1 Å². The molecule has 0 heterocycles. The third-order valence-corrected chi connectivity index (χ3v) is 5.50. The van der Waals surface area contributed by atoms with E-state index in [1.165, 1.54) is 5.56 Å². The van der Waals surface area contributed by atoms with Gasteiger partial charge in [0.15, 0.2) is 0 Å². The molecular weight excluding hydrogens is 388 g/mol. The van der Waals surface area contributed by atoms with Gasteiger partial charge in [-0.2, -0.15) is 0 Å². The van der Waals surface area contributed by atoms with Crippen LogP contribution in [0.3, 0.4) is 0 Å². The van der Waals surface area contributed by atoms with Crippen molar-refractivity contribution in [2.75, 3.05) is 13.7 Å². The van der Waals surface area contributed by atoms with Crippen LogP contribution in [-0.2, 0) is 22.6 Å². The first-order valence-corrected chi connectivity index (χ1v) is 11.1. The second-order valence-corrected chi connectivity index (χ2v) is 8.23. The fourth-order valence-corrected chi connectivity index (χ4v) is 3.37. The summed E-state index contributed by atoms with van der Waals surface area (Å²) in [6.45, 7) is 9.13. The Morgan fingerprint density at radius 3 is 2.13 bits per heavy atom. The Bertz CT molecular complexity index is 829. The first-order valence-electron chi connectivity index (χ1n) is 11.1. The number of rotatable bonds is 11. The fourth-order valence-electron chi connectivity index (χ4n) is 3.37. The Hall–Kier alpha value is -2.82. The number of hydrogen-bond acceptors (Lipinski definition) is 3. The summed E-state index contributed by atoms with van der Waals surface area (Å²) < 4.78 is 5.22. The maximum atomic E-state index is 13.2. The Labute approximate surface area is 186 Å². The third-order valence-electron chi connectivity index (χ3n) is 5.50. The van der Waals surface area contributed by atoms with Gasteiger partial charge in [-0.3, -0.25) is 9.59 Å². The van der Waals surface area contributed by atoms with Gasteiger partial charge in [0.05, 0.1) is 7.11 Å². The maximum Gasteiger partial charge on any atom is 0.242 e. The quantitative estimate of drug-likeness (QED) is 0.569. The predicted molar refractivity (Wildman–Crippen MR) is 125 cm³/mol. The second-order valence-electron chi connectivity index (χ2n) is 8.23. The van der Waals surface area contributed by atoms with Crippen LogP contribution in [0.2, 0.25) is 0 Å². The lowest BCUT2D eigenvalue weighted by molar-refractivity contribution is -0.140. The maximum absolute atomic E-state index is 13.2. The molecule has 0 aliphatic heterocycles. The Balaban J connectivity index is 2.11. The summed E-state index contributed by atoms with van der Waals surface area (Å²) in [4.78, 5) is 27.4. The molecule has 0 fully saturated rings. The molecule has 168 valence electrons. The van der Waals surface area contributed by atoms with E-state index >= 15 is 0 Å². The van der Waals surface area contributed by atoms with Crippen LogP contribution in [0.4, 0.5) is 0 Å². The number of hydrogen-bond donors (Lipinski definition) is 1. The van der Waals surface area contributed by atoms with Crippen LogP contribution in [0.25, 0.3) is 0 Å². The number of carbonyl (C=O) groups is 2. The summed E-state index contributed by atoms with van der Waals surface area (Å²) in [5, 5.41) is 2.91. The highest BCUT2D eigenvalue weighted by molar-refractivity contribution is 5.87. The molecule has 2 aromatic carbocycles. The van der Waals surface area contributed by atoms with Gasteiger partial charge >= 0.3 is 0 Å². The fraction of sp³-hybridized carbons (Fsp3) is 0.462. The molecule has 0 saturated heterocycles. The summed E-state index contributed by atoms with van der Waals surface area (Å²) >= 11 is 0. The van der Waals surface area contributed by atoms with Gasteiger partial charge in [-0.05, 0) is 54.5 Å². The minimum atomic E-state index is -0.538. The van der Waals surface area contributed by atoms with Crippen LogP contribution in [0.15, 0.2) is 48.5 Å². The number of aryl methyl sites for hydroxylation is 1. The molecule has 2 amide bonds. The average Bonchev–Trinajstić information content (AvgIpc) is 2.79. The summed E-state index contributed by atoms with van der Waals surface area (Å²) in [6.07, 6.45) is 1.87. The van der Waals surface area contributed by atoms with Crippen LogP contribution in [0, 0.1) is 0 Å². The van der Waals surface area contributed by atoms with Gasteiger partial charge < -0.3 is 15.0 Å². The number of nitrogens with one attached hydrogen (secondary N) is 1. The molecule has 1 atom stereocenters. The van der Waals surface area contributed by atoms with Gasteiger partial charge in [0.2, 0.25) is 11.8 Å². The van der Waals surface area contributed by atoms with Crippen molar-refractivity contribution in [3.05, 3.63) is 65.2 Å². The van der Waals surface area contributed by atoms with Gasteiger partial charge in [0.1, 0.15) is 11.8 Å². The first kappa shape index (κ1) is 24.4. The van der Waals surface area contributed by atoms with Crippen molar-refractivity contribution in [2.45, 2.75) is 65.5 Å². The van der Waals surface area contributed by atoms with Gasteiger partial charge in [0, 0.05) is 19.5 Å². The van der Waals surface area contributed by atoms with Gasteiger partial charge in [-0.1, -0.05) is 57.2 Å². The number of benzene rings is 2. The molecule has 0 aliphatic rings. The molecular formula is C26H36N2O3. The molecule has 5 nitrogen and oxygen atoms in total.